The van der Waals surface area contributed by atoms with E-state index >= 15 is 0 Å². The lowest BCUT2D eigenvalue weighted by Gasteiger charge is -2.13. The van der Waals surface area contributed by atoms with Crippen LogP contribution >= 0.6 is 28.1 Å². The number of nitrogens with zero attached hydrogens (tertiary/aromatic N) is 2. The van der Waals surface area contributed by atoms with E-state index < -0.39 is 4.92 Å². The molecule has 0 fully saturated rings. The zero-order chi connectivity index (χ0) is 20.5. The zero-order valence-electron chi connectivity index (χ0n) is 15.3. The van der Waals surface area contributed by atoms with Crippen molar-refractivity contribution in [2.45, 2.75) is 13.5 Å². The van der Waals surface area contributed by atoms with E-state index in [9.17, 15) is 10.1 Å². The number of rotatable bonds is 8. The van der Waals surface area contributed by atoms with Crippen LogP contribution in [-0.2, 0) is 6.61 Å². The van der Waals surface area contributed by atoms with Crippen LogP contribution < -0.4 is 20.2 Å². The Morgan fingerprint density at radius 1 is 1.39 bits per heavy atom. The van der Waals surface area contributed by atoms with Gasteiger partial charge in [0.25, 0.3) is 5.69 Å². The van der Waals surface area contributed by atoms with Crippen molar-refractivity contribution in [3.63, 3.8) is 0 Å². The minimum absolute atomic E-state index is 0.0154. The second-order valence-electron chi connectivity index (χ2n) is 5.48. The van der Waals surface area contributed by atoms with Gasteiger partial charge < -0.3 is 14.8 Å². The number of methoxy groups -OCH3 is 1. The minimum atomic E-state index is -0.441. The van der Waals surface area contributed by atoms with Crippen LogP contribution in [0.3, 0.4) is 0 Å². The van der Waals surface area contributed by atoms with Gasteiger partial charge in [-0.25, -0.2) is 0 Å². The maximum Gasteiger partial charge on any atom is 0.269 e. The minimum Gasteiger partial charge on any atom is -0.493 e. The van der Waals surface area contributed by atoms with Crippen LogP contribution in [0.2, 0.25) is 0 Å². The summed E-state index contributed by atoms with van der Waals surface area (Å²) in [5, 5.41) is 18.3. The lowest BCUT2D eigenvalue weighted by Crippen LogP contribution is -2.31. The third-order valence-corrected chi connectivity index (χ3v) is 4.30. The van der Waals surface area contributed by atoms with Gasteiger partial charge in [0.1, 0.15) is 6.61 Å². The Labute approximate surface area is 176 Å². The van der Waals surface area contributed by atoms with Gasteiger partial charge in [-0.3, -0.25) is 15.5 Å². The van der Waals surface area contributed by atoms with Gasteiger partial charge >= 0.3 is 0 Å². The molecule has 0 atom stereocenters. The number of nitro benzene ring substituents is 1. The first-order chi connectivity index (χ1) is 13.4. The van der Waals surface area contributed by atoms with E-state index in [0.717, 1.165) is 5.56 Å². The monoisotopic (exact) mass is 466 g/mol. The van der Waals surface area contributed by atoms with E-state index in [1.165, 1.54) is 19.2 Å². The molecule has 0 aliphatic heterocycles. The van der Waals surface area contributed by atoms with Crippen LogP contribution in [0, 0.1) is 10.1 Å². The smallest absolute Gasteiger partial charge is 0.269 e. The molecule has 0 unspecified atom stereocenters. The van der Waals surface area contributed by atoms with Gasteiger partial charge in [0.15, 0.2) is 16.6 Å². The fourth-order valence-corrected chi connectivity index (χ4v) is 3.01. The molecule has 0 aliphatic rings. The zero-order valence-corrected chi connectivity index (χ0v) is 17.7. The van der Waals surface area contributed by atoms with Crippen molar-refractivity contribution < 1.29 is 14.4 Å². The second kappa shape index (κ2) is 10.6. The number of nitrogens with one attached hydrogen (secondary N) is 2. The highest BCUT2D eigenvalue weighted by atomic mass is 79.9. The van der Waals surface area contributed by atoms with Gasteiger partial charge in [-0.1, -0.05) is 12.1 Å². The van der Waals surface area contributed by atoms with E-state index in [2.05, 4.69) is 31.8 Å². The molecule has 2 N–H and O–H groups in total. The Morgan fingerprint density at radius 2 is 2.18 bits per heavy atom. The van der Waals surface area contributed by atoms with Crippen molar-refractivity contribution in [2.75, 3.05) is 13.7 Å². The topological polar surface area (TPSA) is 98.0 Å². The van der Waals surface area contributed by atoms with Crippen LogP contribution in [0.4, 0.5) is 5.69 Å². The summed E-state index contributed by atoms with van der Waals surface area (Å²) in [4.78, 5) is 10.5. The molecule has 2 rings (SSSR count). The van der Waals surface area contributed by atoms with E-state index in [1.807, 2.05) is 13.0 Å². The van der Waals surface area contributed by atoms with Crippen molar-refractivity contribution in [3.05, 3.63) is 62.1 Å². The highest BCUT2D eigenvalue weighted by Crippen LogP contribution is 2.37. The fourth-order valence-electron chi connectivity index (χ4n) is 2.24. The van der Waals surface area contributed by atoms with Crippen molar-refractivity contribution in [1.29, 1.82) is 0 Å². The Hall–Kier alpha value is -2.72. The van der Waals surface area contributed by atoms with E-state index in [-0.39, 0.29) is 12.3 Å². The van der Waals surface area contributed by atoms with Gasteiger partial charge in [0.05, 0.1) is 22.7 Å². The number of hydrogen-bond donors (Lipinski definition) is 2. The molecule has 0 bridgehead atoms. The molecule has 10 heteroatoms. The maximum absolute atomic E-state index is 10.9. The molecular weight excluding hydrogens is 448 g/mol. The van der Waals surface area contributed by atoms with Crippen molar-refractivity contribution in [3.8, 4) is 11.5 Å². The molecular formula is C18H19BrN4O4S. The molecule has 0 saturated heterocycles. The number of nitro groups is 1. The lowest BCUT2D eigenvalue weighted by atomic mass is 10.2. The second-order valence-corrected chi connectivity index (χ2v) is 6.74. The molecule has 0 amide bonds. The first-order valence-electron chi connectivity index (χ1n) is 8.25. The molecule has 0 saturated carbocycles. The molecule has 0 aliphatic carbocycles. The molecule has 28 heavy (non-hydrogen) atoms. The summed E-state index contributed by atoms with van der Waals surface area (Å²) in [6.07, 6.45) is 1.60. The first-order valence-corrected chi connectivity index (χ1v) is 9.45. The maximum atomic E-state index is 10.9. The fraction of sp³-hybridized carbons (Fsp3) is 0.222. The largest absolute Gasteiger partial charge is 0.493 e. The van der Waals surface area contributed by atoms with Gasteiger partial charge in [-0.05, 0) is 58.3 Å². The summed E-state index contributed by atoms with van der Waals surface area (Å²) in [5.41, 5.74) is 4.17. The number of thiocarbonyl (C=S) groups is 1. The Balaban J connectivity index is 2.12. The van der Waals surface area contributed by atoms with Crippen LogP contribution in [-0.4, -0.2) is 29.9 Å². The number of benzene rings is 2. The van der Waals surface area contributed by atoms with Crippen molar-refractivity contribution in [1.82, 2.24) is 10.7 Å². The highest BCUT2D eigenvalue weighted by Gasteiger charge is 2.13. The Bertz CT molecular complexity index is 892. The van der Waals surface area contributed by atoms with E-state index in [0.29, 0.717) is 33.2 Å². The predicted molar refractivity (Wildman–Crippen MR) is 115 cm³/mol. The number of ether oxygens (including phenoxy) is 2. The van der Waals surface area contributed by atoms with Crippen LogP contribution in [0.5, 0.6) is 11.5 Å². The average Bonchev–Trinajstić information content (AvgIpc) is 2.67. The lowest BCUT2D eigenvalue weighted by molar-refractivity contribution is -0.384. The molecule has 0 radical (unpaired) electrons. The Kier molecular flexibility index (Phi) is 8.15. The van der Waals surface area contributed by atoms with E-state index in [1.54, 1.807) is 24.4 Å². The summed E-state index contributed by atoms with van der Waals surface area (Å²) < 4.78 is 11.9. The summed E-state index contributed by atoms with van der Waals surface area (Å²) >= 11 is 8.50. The van der Waals surface area contributed by atoms with Crippen molar-refractivity contribution >= 4 is 45.2 Å². The SMILES string of the molecule is CCNC(=S)NN=Cc1cc(Br)c(OCc2cccc([N+](=O)[O-])c2)c(OC)c1. The molecule has 0 spiro atoms. The third kappa shape index (κ3) is 6.17. The standard InChI is InChI=1S/C18H19BrN4O4S/c1-3-20-18(28)22-21-10-13-8-15(19)17(16(9-13)26-2)27-11-12-5-4-6-14(7-12)23(24)25/h4-10H,3,11H2,1-2H3,(H2,20,22,28). The van der Waals surface area contributed by atoms with Crippen LogP contribution in [0.25, 0.3) is 0 Å². The Morgan fingerprint density at radius 3 is 2.86 bits per heavy atom. The van der Waals surface area contributed by atoms with Crippen LogP contribution in [0.15, 0.2) is 46.0 Å². The summed E-state index contributed by atoms with van der Waals surface area (Å²) in [7, 11) is 1.53. The molecule has 2 aromatic carbocycles. The molecule has 2 aromatic rings. The van der Waals surface area contributed by atoms with Gasteiger partial charge in [0, 0.05) is 18.7 Å². The third-order valence-electron chi connectivity index (χ3n) is 3.47. The number of non-ortho nitro benzene ring substituents is 1. The first kappa shape index (κ1) is 21.6. The van der Waals surface area contributed by atoms with Gasteiger partial charge in [-0.15, -0.1) is 0 Å². The molecule has 148 valence electrons. The molecule has 8 nitrogen and oxygen atoms in total. The number of hydrazone groups is 1. The van der Waals surface area contributed by atoms with Gasteiger partial charge in [-0.2, -0.15) is 5.10 Å². The normalized spacial score (nSPS) is 10.5. The van der Waals surface area contributed by atoms with E-state index in [4.69, 9.17) is 21.7 Å². The van der Waals surface area contributed by atoms with Crippen LogP contribution in [0.1, 0.15) is 18.1 Å². The van der Waals surface area contributed by atoms with Gasteiger partial charge in [0.2, 0.25) is 0 Å². The van der Waals surface area contributed by atoms with Crippen molar-refractivity contribution in [2.24, 2.45) is 5.10 Å². The summed E-state index contributed by atoms with van der Waals surface area (Å²) in [5.74, 6) is 0.984. The average molecular weight is 467 g/mol. The quantitative estimate of drug-likeness (QED) is 0.264. The molecule has 0 aromatic heterocycles. The summed E-state index contributed by atoms with van der Waals surface area (Å²) in [6, 6.07) is 9.85. The summed E-state index contributed by atoms with van der Waals surface area (Å²) in [6.45, 7) is 2.80. The highest BCUT2D eigenvalue weighted by molar-refractivity contribution is 9.10. The number of halogens is 1. The number of hydrogen-bond acceptors (Lipinski definition) is 6. The predicted octanol–water partition coefficient (Wildman–Crippen LogP) is 3.76. The molecule has 0 heterocycles.